The summed E-state index contributed by atoms with van der Waals surface area (Å²) in [4.78, 5) is 14.3. The fourth-order valence-electron chi connectivity index (χ4n) is 2.94. The second kappa shape index (κ2) is 4.82. The van der Waals surface area contributed by atoms with Crippen molar-refractivity contribution in [3.05, 3.63) is 35.6 Å². The van der Waals surface area contributed by atoms with Gasteiger partial charge in [0.15, 0.2) is 0 Å². The first-order valence-corrected chi connectivity index (χ1v) is 6.93. The van der Waals surface area contributed by atoms with Crippen LogP contribution in [0.3, 0.4) is 0 Å². The molecule has 2 unspecified atom stereocenters. The molecule has 1 spiro atoms. The molecule has 5 heteroatoms. The zero-order valence-electron chi connectivity index (χ0n) is 11.7. The summed E-state index contributed by atoms with van der Waals surface area (Å²) in [6.07, 6.45) is 1.25. The van der Waals surface area contributed by atoms with E-state index in [0.29, 0.717) is 12.2 Å². The van der Waals surface area contributed by atoms with E-state index < -0.39 is 11.7 Å². The number of nitrogens with zero attached hydrogens (tertiary/aromatic N) is 1. The van der Waals surface area contributed by atoms with E-state index >= 15 is 0 Å². The van der Waals surface area contributed by atoms with Crippen LogP contribution in [0.5, 0.6) is 0 Å². The fraction of sp³-hybridized carbons (Fsp3) is 0.533. The molecule has 0 bridgehead atoms. The van der Waals surface area contributed by atoms with Gasteiger partial charge in [0.05, 0.1) is 12.6 Å². The predicted molar refractivity (Wildman–Crippen MR) is 72.4 cm³/mol. The van der Waals surface area contributed by atoms with Gasteiger partial charge >= 0.3 is 0 Å². The van der Waals surface area contributed by atoms with Crippen LogP contribution >= 0.6 is 0 Å². The third-order valence-corrected chi connectivity index (χ3v) is 4.17. The summed E-state index contributed by atoms with van der Waals surface area (Å²) < 4.78 is 19.2. The highest BCUT2D eigenvalue weighted by Gasteiger charge is 2.60. The Labute approximate surface area is 117 Å². The van der Waals surface area contributed by atoms with Gasteiger partial charge in [-0.3, -0.25) is 10.1 Å². The van der Waals surface area contributed by atoms with Crippen LogP contribution < -0.4 is 5.32 Å². The molecule has 1 amide bonds. The van der Waals surface area contributed by atoms with Gasteiger partial charge < -0.3 is 9.64 Å². The minimum atomic E-state index is -0.463. The highest BCUT2D eigenvalue weighted by molar-refractivity contribution is 5.92. The maximum absolute atomic E-state index is 14.1. The molecule has 4 nitrogen and oxygen atoms in total. The van der Waals surface area contributed by atoms with Crippen LogP contribution in [0.2, 0.25) is 0 Å². The van der Waals surface area contributed by atoms with Gasteiger partial charge in [0.2, 0.25) is 5.91 Å². The molecule has 0 aromatic heterocycles. The van der Waals surface area contributed by atoms with Gasteiger partial charge in [-0.15, -0.1) is 0 Å². The van der Waals surface area contributed by atoms with Crippen molar-refractivity contribution in [1.29, 1.82) is 0 Å². The van der Waals surface area contributed by atoms with Gasteiger partial charge in [-0.1, -0.05) is 18.2 Å². The molecule has 20 heavy (non-hydrogen) atoms. The van der Waals surface area contributed by atoms with Crippen molar-refractivity contribution < 1.29 is 13.9 Å². The summed E-state index contributed by atoms with van der Waals surface area (Å²) in [6, 6.07) is 6.52. The Morgan fingerprint density at radius 2 is 2.20 bits per heavy atom. The molecule has 1 aliphatic heterocycles. The third-order valence-electron chi connectivity index (χ3n) is 4.17. The van der Waals surface area contributed by atoms with Crippen LogP contribution in [0.1, 0.15) is 31.5 Å². The van der Waals surface area contributed by atoms with Gasteiger partial charge in [-0.2, -0.15) is 0 Å². The molecule has 1 aliphatic carbocycles. The van der Waals surface area contributed by atoms with Crippen molar-refractivity contribution >= 4 is 5.91 Å². The molecule has 2 atom stereocenters. The van der Waals surface area contributed by atoms with E-state index in [4.69, 9.17) is 4.74 Å². The number of halogens is 1. The van der Waals surface area contributed by atoms with E-state index in [-0.39, 0.29) is 17.8 Å². The minimum absolute atomic E-state index is 0.0651. The standard InChI is InChI=1S/C15H19FN2O2/c1-10(9-20-2)18-13(11-5-3-4-6-12(11)16)17-15(7-8-15)14(18)19/h3-6,10,13,17H,7-9H2,1-2H3. The largest absolute Gasteiger partial charge is 0.383 e. The normalized spacial score (nSPS) is 25.2. The SMILES string of the molecule is COCC(C)N1C(=O)C2(CC2)NC1c1ccccc1F. The lowest BCUT2D eigenvalue weighted by Gasteiger charge is -2.30. The van der Waals surface area contributed by atoms with E-state index in [1.54, 1.807) is 30.2 Å². The van der Waals surface area contributed by atoms with Crippen LogP contribution in [-0.2, 0) is 9.53 Å². The van der Waals surface area contributed by atoms with Crippen molar-refractivity contribution in [3.63, 3.8) is 0 Å². The number of amides is 1. The number of carbonyl (C=O) groups is 1. The molecule has 1 N–H and O–H groups in total. The second-order valence-corrected chi connectivity index (χ2v) is 5.67. The minimum Gasteiger partial charge on any atom is -0.383 e. The average molecular weight is 278 g/mol. The molecule has 2 aliphatic rings. The van der Waals surface area contributed by atoms with Crippen LogP contribution in [0.25, 0.3) is 0 Å². The molecule has 1 aromatic carbocycles. The molecule has 108 valence electrons. The molecular formula is C15H19FN2O2. The fourth-order valence-corrected chi connectivity index (χ4v) is 2.94. The zero-order chi connectivity index (χ0) is 14.3. The predicted octanol–water partition coefficient (Wildman–Crippen LogP) is 1.82. The Kier molecular flexibility index (Phi) is 3.26. The number of carbonyl (C=O) groups excluding carboxylic acids is 1. The highest BCUT2D eigenvalue weighted by Crippen LogP contribution is 2.46. The van der Waals surface area contributed by atoms with Crippen molar-refractivity contribution in [1.82, 2.24) is 10.2 Å². The first-order chi connectivity index (χ1) is 9.59. The summed E-state index contributed by atoms with van der Waals surface area (Å²) >= 11 is 0. The van der Waals surface area contributed by atoms with Gasteiger partial charge in [0.1, 0.15) is 17.5 Å². The Bertz CT molecular complexity index is 530. The smallest absolute Gasteiger partial charge is 0.244 e. The van der Waals surface area contributed by atoms with Crippen LogP contribution in [-0.4, -0.2) is 36.1 Å². The summed E-state index contributed by atoms with van der Waals surface area (Å²) in [5.74, 6) is -0.222. The molecule has 0 radical (unpaired) electrons. The summed E-state index contributed by atoms with van der Waals surface area (Å²) in [5, 5.41) is 3.32. The first-order valence-electron chi connectivity index (χ1n) is 6.93. The lowest BCUT2D eigenvalue weighted by atomic mass is 10.1. The second-order valence-electron chi connectivity index (χ2n) is 5.67. The molecule has 2 fully saturated rings. The van der Waals surface area contributed by atoms with Gasteiger partial charge in [-0.25, -0.2) is 4.39 Å². The Hall–Kier alpha value is -1.46. The lowest BCUT2D eigenvalue weighted by Crippen LogP contribution is -2.41. The maximum atomic E-state index is 14.1. The third kappa shape index (κ3) is 2.01. The van der Waals surface area contributed by atoms with Crippen molar-refractivity contribution in [2.45, 2.75) is 37.5 Å². The van der Waals surface area contributed by atoms with Gasteiger partial charge in [0.25, 0.3) is 0 Å². The zero-order valence-corrected chi connectivity index (χ0v) is 11.7. The Morgan fingerprint density at radius 3 is 2.80 bits per heavy atom. The van der Waals surface area contributed by atoms with Crippen LogP contribution in [0.15, 0.2) is 24.3 Å². The summed E-state index contributed by atoms with van der Waals surface area (Å²) in [7, 11) is 1.61. The number of benzene rings is 1. The molecule has 1 heterocycles. The first kappa shape index (κ1) is 13.5. The van der Waals surface area contributed by atoms with Crippen LogP contribution in [0.4, 0.5) is 4.39 Å². The monoisotopic (exact) mass is 278 g/mol. The van der Waals surface area contributed by atoms with Crippen LogP contribution in [0, 0.1) is 5.82 Å². The number of ether oxygens (including phenoxy) is 1. The quantitative estimate of drug-likeness (QED) is 0.913. The summed E-state index contributed by atoms with van der Waals surface area (Å²) in [5.41, 5.74) is 0.0576. The van der Waals surface area contributed by atoms with E-state index in [0.717, 1.165) is 12.8 Å². The van der Waals surface area contributed by atoms with Gasteiger partial charge in [0, 0.05) is 12.7 Å². The summed E-state index contributed by atoms with van der Waals surface area (Å²) in [6.45, 7) is 2.37. The maximum Gasteiger partial charge on any atom is 0.244 e. The van der Waals surface area contributed by atoms with Gasteiger partial charge in [-0.05, 0) is 25.8 Å². The van der Waals surface area contributed by atoms with E-state index in [1.807, 2.05) is 6.92 Å². The van der Waals surface area contributed by atoms with Crippen molar-refractivity contribution in [3.8, 4) is 0 Å². The Balaban J connectivity index is 1.95. The number of hydrogen-bond donors (Lipinski definition) is 1. The number of methoxy groups -OCH3 is 1. The van der Waals surface area contributed by atoms with E-state index in [9.17, 15) is 9.18 Å². The number of nitrogens with one attached hydrogen (secondary N) is 1. The van der Waals surface area contributed by atoms with E-state index in [2.05, 4.69) is 5.32 Å². The topological polar surface area (TPSA) is 41.6 Å². The average Bonchev–Trinajstić information content (AvgIpc) is 3.13. The lowest BCUT2D eigenvalue weighted by molar-refractivity contribution is -0.133. The molecule has 1 saturated carbocycles. The molecular weight excluding hydrogens is 259 g/mol. The van der Waals surface area contributed by atoms with Crippen molar-refractivity contribution in [2.75, 3.05) is 13.7 Å². The van der Waals surface area contributed by atoms with Crippen molar-refractivity contribution in [2.24, 2.45) is 0 Å². The molecule has 3 rings (SSSR count). The molecule has 1 saturated heterocycles. The number of hydrogen-bond acceptors (Lipinski definition) is 3. The number of rotatable bonds is 4. The molecule has 1 aromatic rings. The Morgan fingerprint density at radius 1 is 1.50 bits per heavy atom. The highest BCUT2D eigenvalue weighted by atomic mass is 19.1. The van der Waals surface area contributed by atoms with E-state index in [1.165, 1.54) is 6.07 Å².